The number of carboxylic acids is 1. The lowest BCUT2D eigenvalue weighted by molar-refractivity contribution is -0.137. The van der Waals surface area contributed by atoms with Gasteiger partial charge in [0.2, 0.25) is 5.91 Å². The van der Waals surface area contributed by atoms with Crippen LogP contribution in [0.3, 0.4) is 0 Å². The number of phenols is 2. The Morgan fingerprint density at radius 2 is 1.81 bits per heavy atom. The van der Waals surface area contributed by atoms with Gasteiger partial charge in [-0.3, -0.25) is 9.59 Å². The Bertz CT molecular complexity index is 1660. The standard InChI is InChI=1S/C31H37N5O6/c1-19(2)23-17-24(27(38)18-26(23)37)30-32-33-31(42)36(30)22-6-7-25-21(16-22)11-15-34(25)12-8-20-9-13-35(14-10-20)28(39)4-3-5-29(40)41/h6-7,11,15-20,37-38H,3-5,8-10,12-14H2,1-2H3,(H,33,42)(H,40,41). The van der Waals surface area contributed by atoms with Crippen LogP contribution in [0.5, 0.6) is 11.5 Å². The molecular formula is C31H37N5O6. The summed E-state index contributed by atoms with van der Waals surface area (Å²) in [5.41, 5.74) is 2.20. The van der Waals surface area contributed by atoms with Gasteiger partial charge in [-0.1, -0.05) is 13.8 Å². The number of carbonyl (C=O) groups excluding carboxylic acids is 1. The first-order valence-corrected chi connectivity index (χ1v) is 14.4. The number of nitrogens with zero attached hydrogens (tertiary/aromatic N) is 4. The summed E-state index contributed by atoms with van der Waals surface area (Å²) >= 11 is 0. The fraction of sp³-hybridized carbons (Fsp3) is 0.419. The Morgan fingerprint density at radius 3 is 2.52 bits per heavy atom. The number of H-pyrrole nitrogens is 1. The number of carboxylic acid groups (broad SMARTS) is 1. The minimum absolute atomic E-state index is 0.00468. The lowest BCUT2D eigenvalue weighted by atomic mass is 9.93. The van der Waals surface area contributed by atoms with Crippen molar-refractivity contribution in [2.45, 2.75) is 64.8 Å². The highest BCUT2D eigenvalue weighted by Crippen LogP contribution is 2.37. The summed E-state index contributed by atoms with van der Waals surface area (Å²) in [7, 11) is 0. The average molecular weight is 576 g/mol. The average Bonchev–Trinajstić information content (AvgIpc) is 3.54. The third-order valence-corrected chi connectivity index (χ3v) is 8.22. The number of hydrogen-bond acceptors (Lipinski definition) is 6. The Balaban J connectivity index is 1.27. The lowest BCUT2D eigenvalue weighted by Gasteiger charge is -2.32. The van der Waals surface area contributed by atoms with Crippen molar-refractivity contribution in [2.24, 2.45) is 5.92 Å². The van der Waals surface area contributed by atoms with Gasteiger partial charge >= 0.3 is 11.7 Å². The summed E-state index contributed by atoms with van der Waals surface area (Å²) in [6.07, 6.45) is 5.58. The van der Waals surface area contributed by atoms with E-state index in [1.165, 1.54) is 10.6 Å². The maximum atomic E-state index is 12.8. The number of fused-ring (bicyclic) bond motifs is 1. The second-order valence-corrected chi connectivity index (χ2v) is 11.4. The van der Waals surface area contributed by atoms with Gasteiger partial charge in [0, 0.05) is 55.6 Å². The Hall–Kier alpha value is -4.54. The summed E-state index contributed by atoms with van der Waals surface area (Å²) in [4.78, 5) is 37.7. The van der Waals surface area contributed by atoms with E-state index in [0.717, 1.165) is 36.7 Å². The number of phenolic OH excluding ortho intramolecular Hbond substituents is 2. The van der Waals surface area contributed by atoms with Crippen LogP contribution in [0, 0.1) is 5.92 Å². The van der Waals surface area contributed by atoms with Gasteiger partial charge in [-0.25, -0.2) is 14.5 Å². The monoisotopic (exact) mass is 575 g/mol. The number of piperidine rings is 1. The molecule has 0 atom stereocenters. The molecule has 4 N–H and O–H groups in total. The number of aromatic amines is 1. The first-order valence-electron chi connectivity index (χ1n) is 14.4. The Labute approximate surface area is 243 Å². The number of benzene rings is 2. The zero-order chi connectivity index (χ0) is 30.0. The number of rotatable bonds is 10. The Kier molecular flexibility index (Phi) is 8.37. The SMILES string of the molecule is CC(C)c1cc(-c2n[nH]c(=O)n2-c2ccc3c(ccn3CCC3CCN(C(=O)CCCC(=O)O)CC3)c2)c(O)cc1O. The van der Waals surface area contributed by atoms with Crippen molar-refractivity contribution in [1.82, 2.24) is 24.2 Å². The van der Waals surface area contributed by atoms with Crippen LogP contribution < -0.4 is 5.69 Å². The molecule has 11 nitrogen and oxygen atoms in total. The molecule has 0 aliphatic carbocycles. The van der Waals surface area contributed by atoms with E-state index in [4.69, 9.17) is 5.11 Å². The Morgan fingerprint density at radius 1 is 1.05 bits per heavy atom. The molecule has 1 aliphatic heterocycles. The number of aryl methyl sites for hydroxylation is 1. The molecule has 1 fully saturated rings. The third-order valence-electron chi connectivity index (χ3n) is 8.22. The molecule has 11 heteroatoms. The van der Waals surface area contributed by atoms with Crippen molar-refractivity contribution < 1.29 is 24.9 Å². The number of amides is 1. The summed E-state index contributed by atoms with van der Waals surface area (Å²) in [6.45, 7) is 6.12. The molecule has 1 saturated heterocycles. The van der Waals surface area contributed by atoms with Crippen molar-refractivity contribution in [2.75, 3.05) is 13.1 Å². The summed E-state index contributed by atoms with van der Waals surface area (Å²) in [5, 5.41) is 37.3. The second kappa shape index (κ2) is 12.1. The maximum absolute atomic E-state index is 12.8. The predicted octanol–water partition coefficient (Wildman–Crippen LogP) is 4.60. The summed E-state index contributed by atoms with van der Waals surface area (Å²) in [6, 6.07) is 10.7. The molecule has 42 heavy (non-hydrogen) atoms. The van der Waals surface area contributed by atoms with Crippen molar-refractivity contribution >= 4 is 22.8 Å². The van der Waals surface area contributed by atoms with Crippen LogP contribution in [0.25, 0.3) is 28.0 Å². The molecule has 0 bridgehead atoms. The summed E-state index contributed by atoms with van der Waals surface area (Å²) in [5.74, 6) is -0.239. The molecule has 1 amide bonds. The maximum Gasteiger partial charge on any atom is 0.348 e. The minimum Gasteiger partial charge on any atom is -0.508 e. The molecule has 0 spiro atoms. The first kappa shape index (κ1) is 29.0. The van der Waals surface area contributed by atoms with Gasteiger partial charge in [-0.05, 0) is 73.4 Å². The van der Waals surface area contributed by atoms with Crippen LogP contribution in [0.4, 0.5) is 0 Å². The number of likely N-dealkylation sites (tertiary alicyclic amines) is 1. The number of aliphatic carboxylic acids is 1. The zero-order valence-corrected chi connectivity index (χ0v) is 23.9. The van der Waals surface area contributed by atoms with Gasteiger partial charge in [0.1, 0.15) is 11.5 Å². The molecule has 2 aromatic carbocycles. The van der Waals surface area contributed by atoms with Crippen LogP contribution in [-0.2, 0) is 16.1 Å². The van der Waals surface area contributed by atoms with Crippen molar-refractivity contribution in [3.63, 3.8) is 0 Å². The smallest absolute Gasteiger partial charge is 0.348 e. The van der Waals surface area contributed by atoms with Crippen molar-refractivity contribution in [1.29, 1.82) is 0 Å². The van der Waals surface area contributed by atoms with Gasteiger partial charge in [-0.15, -0.1) is 0 Å². The van der Waals surface area contributed by atoms with E-state index in [1.54, 1.807) is 6.07 Å². The molecule has 0 unspecified atom stereocenters. The zero-order valence-electron chi connectivity index (χ0n) is 23.9. The highest BCUT2D eigenvalue weighted by Gasteiger charge is 2.23. The predicted molar refractivity (Wildman–Crippen MR) is 158 cm³/mol. The minimum atomic E-state index is -0.870. The van der Waals surface area contributed by atoms with Gasteiger partial charge in [0.15, 0.2) is 5.82 Å². The molecular weight excluding hydrogens is 538 g/mol. The topological polar surface area (TPSA) is 154 Å². The van der Waals surface area contributed by atoms with Crippen molar-refractivity contribution in [3.05, 3.63) is 58.6 Å². The lowest BCUT2D eigenvalue weighted by Crippen LogP contribution is -2.38. The molecule has 5 rings (SSSR count). The first-order chi connectivity index (χ1) is 20.1. The van der Waals surface area contributed by atoms with E-state index < -0.39 is 11.7 Å². The third kappa shape index (κ3) is 6.05. The molecule has 1 aliphatic rings. The normalized spacial score (nSPS) is 14.2. The molecule has 222 valence electrons. The van der Waals surface area contributed by atoms with E-state index in [2.05, 4.69) is 14.8 Å². The number of nitrogens with one attached hydrogen (secondary N) is 1. The van der Waals surface area contributed by atoms with Gasteiger partial charge in [0.05, 0.1) is 11.3 Å². The van der Waals surface area contributed by atoms with Crippen LogP contribution in [0.2, 0.25) is 0 Å². The highest BCUT2D eigenvalue weighted by atomic mass is 16.4. The van der Waals surface area contributed by atoms with Crippen LogP contribution in [0.15, 0.2) is 47.4 Å². The second-order valence-electron chi connectivity index (χ2n) is 11.4. The number of aromatic hydroxyl groups is 2. The molecule has 2 aromatic heterocycles. The van der Waals surface area contributed by atoms with Crippen molar-refractivity contribution in [3.8, 4) is 28.6 Å². The fourth-order valence-electron chi connectivity index (χ4n) is 5.82. The van der Waals surface area contributed by atoms with Gasteiger partial charge in [0.25, 0.3) is 0 Å². The number of aromatic nitrogens is 4. The molecule has 3 heterocycles. The van der Waals surface area contributed by atoms with E-state index in [-0.39, 0.29) is 42.0 Å². The van der Waals surface area contributed by atoms with E-state index in [9.17, 15) is 24.6 Å². The van der Waals surface area contributed by atoms with Crippen LogP contribution >= 0.6 is 0 Å². The van der Waals surface area contributed by atoms with Gasteiger partial charge < -0.3 is 24.8 Å². The fourth-order valence-corrected chi connectivity index (χ4v) is 5.82. The van der Waals surface area contributed by atoms with E-state index in [1.807, 2.05) is 49.2 Å². The highest BCUT2D eigenvalue weighted by molar-refractivity contribution is 5.83. The molecule has 0 radical (unpaired) electrons. The summed E-state index contributed by atoms with van der Waals surface area (Å²) < 4.78 is 3.62. The van der Waals surface area contributed by atoms with Crippen LogP contribution in [0.1, 0.15) is 63.9 Å². The largest absolute Gasteiger partial charge is 0.508 e. The van der Waals surface area contributed by atoms with Gasteiger partial charge in [-0.2, -0.15) is 5.10 Å². The van der Waals surface area contributed by atoms with E-state index in [0.29, 0.717) is 42.2 Å². The number of carbonyl (C=O) groups is 2. The molecule has 4 aromatic rings. The number of hydrogen-bond donors (Lipinski definition) is 4. The van der Waals surface area contributed by atoms with E-state index >= 15 is 0 Å². The van der Waals surface area contributed by atoms with Crippen LogP contribution in [-0.4, -0.2) is 64.5 Å². The quantitative estimate of drug-likeness (QED) is 0.215. The molecule has 0 saturated carbocycles.